The molecule has 11 heteroatoms. The lowest BCUT2D eigenvalue weighted by atomic mass is 9.97. The van der Waals surface area contributed by atoms with Gasteiger partial charge in [-0.1, -0.05) is 103 Å². The summed E-state index contributed by atoms with van der Waals surface area (Å²) in [7, 11) is 1.32. The number of rotatable bonds is 24. The highest BCUT2D eigenvalue weighted by Gasteiger charge is 2.41. The fourth-order valence-electron chi connectivity index (χ4n) is 5.20. The van der Waals surface area contributed by atoms with E-state index in [1.165, 1.54) is 82.2 Å². The smallest absolute Gasteiger partial charge is 0.312 e. The summed E-state index contributed by atoms with van der Waals surface area (Å²) in [6.07, 6.45) is 22.9. The number of unbranched alkanes of at least 4 members (excludes halogenated alkanes) is 13. The average molecular weight is 618 g/mol. The van der Waals surface area contributed by atoms with Gasteiger partial charge in [0.2, 0.25) is 5.91 Å². The van der Waals surface area contributed by atoms with Crippen LogP contribution in [-0.2, 0) is 25.6 Å². The molecule has 2 aromatic rings. The topological polar surface area (TPSA) is 128 Å². The Hall–Kier alpha value is -3.10. The SMILES string of the molecule is C#CC(CO)(OC)[C@H](Cn1cnc2c(NC(=O)CCC)nc(F)nc21)OC(=O)CCCCCCCCCCCCCCCC. The number of aliphatic hydroxyl groups excluding tert-OH is 1. The van der Waals surface area contributed by atoms with Crippen LogP contribution < -0.4 is 5.32 Å². The molecule has 0 aliphatic carbocycles. The van der Waals surface area contributed by atoms with Crippen molar-refractivity contribution in [2.24, 2.45) is 0 Å². The molecule has 0 fully saturated rings. The number of aromatic nitrogens is 4. The molecule has 44 heavy (non-hydrogen) atoms. The Kier molecular flexibility index (Phi) is 17.5. The molecular weight excluding hydrogens is 565 g/mol. The van der Waals surface area contributed by atoms with Crippen molar-refractivity contribution in [3.63, 3.8) is 0 Å². The maximum atomic E-state index is 14.3. The Labute approximate surface area is 261 Å². The molecule has 0 aliphatic heterocycles. The van der Waals surface area contributed by atoms with Crippen LogP contribution in [0.25, 0.3) is 11.2 Å². The highest BCUT2D eigenvalue weighted by Crippen LogP contribution is 2.25. The first-order chi connectivity index (χ1) is 21.3. The molecule has 2 rings (SSSR count). The second-order valence-corrected chi connectivity index (χ2v) is 11.4. The number of methoxy groups -OCH3 is 1. The Bertz CT molecular complexity index is 1180. The number of ether oxygens (including phenoxy) is 2. The van der Waals surface area contributed by atoms with E-state index >= 15 is 0 Å². The van der Waals surface area contributed by atoms with Gasteiger partial charge in [0.1, 0.15) is 0 Å². The minimum Gasteiger partial charge on any atom is -0.456 e. The molecule has 0 aromatic carbocycles. The quantitative estimate of drug-likeness (QED) is 0.0591. The van der Waals surface area contributed by atoms with Gasteiger partial charge >= 0.3 is 12.0 Å². The third-order valence-corrected chi connectivity index (χ3v) is 7.91. The number of carbonyl (C=O) groups is 2. The first-order valence-electron chi connectivity index (χ1n) is 16.4. The number of terminal acetylenes is 1. The zero-order chi connectivity index (χ0) is 32.2. The van der Waals surface area contributed by atoms with E-state index in [2.05, 4.69) is 33.1 Å². The van der Waals surface area contributed by atoms with Crippen molar-refractivity contribution in [3.05, 3.63) is 12.4 Å². The minimum atomic E-state index is -1.65. The van der Waals surface area contributed by atoms with Gasteiger partial charge in [0.25, 0.3) is 0 Å². The summed E-state index contributed by atoms with van der Waals surface area (Å²) in [5.74, 6) is 1.55. The van der Waals surface area contributed by atoms with Gasteiger partial charge in [0.15, 0.2) is 28.7 Å². The van der Waals surface area contributed by atoms with Gasteiger partial charge in [-0.3, -0.25) is 9.59 Å². The third kappa shape index (κ3) is 12.1. The highest BCUT2D eigenvalue weighted by molar-refractivity contribution is 5.96. The molecule has 2 heterocycles. The summed E-state index contributed by atoms with van der Waals surface area (Å²) < 4.78 is 27.0. The molecule has 10 nitrogen and oxygen atoms in total. The second kappa shape index (κ2) is 20.8. The molecule has 2 atom stereocenters. The van der Waals surface area contributed by atoms with Gasteiger partial charge in [-0.25, -0.2) is 4.98 Å². The number of nitrogens with zero attached hydrogens (tertiary/aromatic N) is 4. The van der Waals surface area contributed by atoms with Crippen LogP contribution in [0.15, 0.2) is 6.33 Å². The van der Waals surface area contributed by atoms with Gasteiger partial charge < -0.3 is 24.5 Å². The summed E-state index contributed by atoms with van der Waals surface area (Å²) in [4.78, 5) is 36.7. The lowest BCUT2D eigenvalue weighted by Gasteiger charge is -2.33. The number of amides is 1. The zero-order valence-corrected chi connectivity index (χ0v) is 26.9. The van der Waals surface area contributed by atoms with E-state index in [1.54, 1.807) is 0 Å². The van der Waals surface area contributed by atoms with E-state index in [0.717, 1.165) is 19.3 Å². The molecule has 246 valence electrons. The number of anilines is 1. The van der Waals surface area contributed by atoms with Crippen molar-refractivity contribution in [2.45, 2.75) is 141 Å². The molecule has 0 radical (unpaired) electrons. The lowest BCUT2D eigenvalue weighted by molar-refractivity contribution is -0.168. The zero-order valence-electron chi connectivity index (χ0n) is 26.9. The Morgan fingerprint density at radius 1 is 0.977 bits per heavy atom. The molecule has 2 N–H and O–H groups in total. The Morgan fingerprint density at radius 2 is 1.57 bits per heavy atom. The number of hydrogen-bond acceptors (Lipinski definition) is 8. The number of imidazole rings is 1. The van der Waals surface area contributed by atoms with Crippen molar-refractivity contribution in [1.82, 2.24) is 19.5 Å². The first-order valence-corrected chi connectivity index (χ1v) is 16.4. The number of carbonyl (C=O) groups excluding carboxylic acids is 2. The van der Waals surface area contributed by atoms with E-state index in [4.69, 9.17) is 15.9 Å². The molecule has 0 saturated heterocycles. The summed E-state index contributed by atoms with van der Waals surface area (Å²) in [5, 5.41) is 12.7. The minimum absolute atomic E-state index is 0.0619. The predicted molar refractivity (Wildman–Crippen MR) is 169 cm³/mol. The number of esters is 1. The van der Waals surface area contributed by atoms with Gasteiger partial charge in [-0.05, 0) is 12.8 Å². The maximum absolute atomic E-state index is 14.3. The van der Waals surface area contributed by atoms with E-state index < -0.39 is 30.4 Å². The normalized spacial score (nSPS) is 13.4. The van der Waals surface area contributed by atoms with E-state index in [1.807, 2.05) is 6.92 Å². The standard InChI is InChI=1S/C33H52FN5O5/c1-5-8-9-10-11-12-13-14-15-16-17-18-19-20-22-28(42)44-26(33(7-3,24-40)43-4)23-39-25-35-29-30(36-27(41)21-6-2)37-32(34)38-31(29)39/h3,25-26,40H,5-6,8-24H2,1-2,4H3,(H,36,37,38,41)/t26-,33?/m0/s1. The molecule has 0 saturated carbocycles. The molecule has 0 spiro atoms. The molecule has 2 aromatic heterocycles. The van der Waals surface area contributed by atoms with Crippen LogP contribution in [0.5, 0.6) is 0 Å². The van der Waals surface area contributed by atoms with Gasteiger partial charge in [0.05, 0.1) is 19.5 Å². The van der Waals surface area contributed by atoms with Crippen LogP contribution in [-0.4, -0.2) is 61.9 Å². The fourth-order valence-corrected chi connectivity index (χ4v) is 5.20. The summed E-state index contributed by atoms with van der Waals surface area (Å²) in [6, 6.07) is 0. The Morgan fingerprint density at radius 3 is 2.09 bits per heavy atom. The van der Waals surface area contributed by atoms with Crippen molar-refractivity contribution in [2.75, 3.05) is 19.0 Å². The number of fused-ring (bicyclic) bond motifs is 1. The largest absolute Gasteiger partial charge is 0.456 e. The number of halogens is 1. The van der Waals surface area contributed by atoms with Crippen LogP contribution in [0.4, 0.5) is 10.2 Å². The summed E-state index contributed by atoms with van der Waals surface area (Å²) in [6.45, 7) is 3.34. The third-order valence-electron chi connectivity index (χ3n) is 7.91. The molecule has 1 amide bonds. The molecular formula is C33H52FN5O5. The van der Waals surface area contributed by atoms with Gasteiger partial charge in [0, 0.05) is 20.0 Å². The fraction of sp³-hybridized carbons (Fsp3) is 0.727. The van der Waals surface area contributed by atoms with Crippen LogP contribution in [0.3, 0.4) is 0 Å². The number of aliphatic hydroxyl groups is 1. The first kappa shape index (κ1) is 37.1. The van der Waals surface area contributed by atoms with Crippen LogP contribution in [0.2, 0.25) is 0 Å². The van der Waals surface area contributed by atoms with Crippen LogP contribution in [0, 0.1) is 18.4 Å². The summed E-state index contributed by atoms with van der Waals surface area (Å²) in [5.41, 5.74) is -1.42. The van der Waals surface area contributed by atoms with Crippen molar-refractivity contribution >= 4 is 28.9 Å². The van der Waals surface area contributed by atoms with Crippen LogP contribution >= 0.6 is 0 Å². The number of nitrogens with one attached hydrogen (secondary N) is 1. The van der Waals surface area contributed by atoms with Gasteiger partial charge in [-0.15, -0.1) is 6.42 Å². The second-order valence-electron chi connectivity index (χ2n) is 11.4. The van der Waals surface area contributed by atoms with Gasteiger partial charge in [-0.2, -0.15) is 14.4 Å². The van der Waals surface area contributed by atoms with Crippen LogP contribution in [0.1, 0.15) is 123 Å². The molecule has 1 unspecified atom stereocenters. The monoisotopic (exact) mass is 617 g/mol. The van der Waals surface area contributed by atoms with Crippen molar-refractivity contribution in [1.29, 1.82) is 0 Å². The van der Waals surface area contributed by atoms with Crippen molar-refractivity contribution < 1.29 is 28.6 Å². The molecule has 0 aliphatic rings. The maximum Gasteiger partial charge on any atom is 0.312 e. The van der Waals surface area contributed by atoms with Crippen molar-refractivity contribution in [3.8, 4) is 12.3 Å². The van der Waals surface area contributed by atoms with E-state index in [0.29, 0.717) is 12.8 Å². The highest BCUT2D eigenvalue weighted by atomic mass is 19.1. The van der Waals surface area contributed by atoms with E-state index in [9.17, 15) is 19.1 Å². The predicted octanol–water partition coefficient (Wildman–Crippen LogP) is 6.50. The Balaban J connectivity index is 1.90. The average Bonchev–Trinajstić information content (AvgIpc) is 3.41. The number of hydrogen-bond donors (Lipinski definition) is 2. The molecule has 0 bridgehead atoms. The van der Waals surface area contributed by atoms with E-state index in [-0.39, 0.29) is 42.3 Å². The summed E-state index contributed by atoms with van der Waals surface area (Å²) >= 11 is 0. The lowest BCUT2D eigenvalue weighted by Crippen LogP contribution is -2.50.